The van der Waals surface area contributed by atoms with Crippen LogP contribution in [0.15, 0.2) is 35.0 Å². The van der Waals surface area contributed by atoms with Gasteiger partial charge >= 0.3 is 6.03 Å². The number of aliphatic hydroxyl groups excluding tert-OH is 1. The van der Waals surface area contributed by atoms with Gasteiger partial charge in [-0.1, -0.05) is 6.92 Å². The third kappa shape index (κ3) is 5.26. The van der Waals surface area contributed by atoms with E-state index in [9.17, 15) is 9.90 Å². The molecule has 1 unspecified atom stereocenters. The first kappa shape index (κ1) is 17.3. The van der Waals surface area contributed by atoms with Crippen LogP contribution >= 0.6 is 11.3 Å². The van der Waals surface area contributed by atoms with E-state index in [1.165, 1.54) is 11.3 Å². The van der Waals surface area contributed by atoms with Crippen LogP contribution in [0.4, 0.5) is 10.5 Å². The number of hydrogen-bond acceptors (Lipinski definition) is 4. The maximum atomic E-state index is 11.9. The van der Waals surface area contributed by atoms with Crippen molar-refractivity contribution in [2.45, 2.75) is 26.4 Å². The first-order chi connectivity index (χ1) is 11.1. The summed E-state index contributed by atoms with van der Waals surface area (Å²) in [6, 6.07) is 7.04. The average molecular weight is 334 g/mol. The molecule has 0 aliphatic rings. The summed E-state index contributed by atoms with van der Waals surface area (Å²) in [7, 11) is 0. The molecule has 0 fully saturated rings. The Kier molecular flexibility index (Phi) is 6.43. The number of anilines is 1. The molecule has 0 bridgehead atoms. The lowest BCUT2D eigenvalue weighted by atomic mass is 10.2. The van der Waals surface area contributed by atoms with Crippen LogP contribution in [0.1, 0.15) is 30.6 Å². The molecule has 0 aliphatic carbocycles. The number of carbonyl (C=O) groups is 1. The molecule has 1 heterocycles. The predicted octanol–water partition coefficient (Wildman–Crippen LogP) is 3.70. The van der Waals surface area contributed by atoms with Gasteiger partial charge in [-0.05, 0) is 59.5 Å². The number of carbonyl (C=O) groups excluding carboxylic acids is 1. The lowest BCUT2D eigenvalue weighted by Gasteiger charge is -2.13. The van der Waals surface area contributed by atoms with Gasteiger partial charge in [0.05, 0.1) is 12.7 Å². The highest BCUT2D eigenvalue weighted by atomic mass is 32.1. The molecule has 0 radical (unpaired) electrons. The van der Waals surface area contributed by atoms with Crippen molar-refractivity contribution in [2.24, 2.45) is 0 Å². The van der Waals surface area contributed by atoms with Crippen LogP contribution in [0.2, 0.25) is 0 Å². The molecule has 2 amide bonds. The number of aryl methyl sites for hydroxylation is 1. The lowest BCUT2D eigenvalue weighted by Crippen LogP contribution is -2.32. The maximum absolute atomic E-state index is 11.9. The number of ether oxygens (including phenoxy) is 1. The Morgan fingerprint density at radius 1 is 1.39 bits per heavy atom. The van der Waals surface area contributed by atoms with E-state index in [4.69, 9.17) is 4.74 Å². The third-order valence-electron chi connectivity index (χ3n) is 3.30. The molecule has 5 nitrogen and oxygen atoms in total. The molecule has 0 saturated carbocycles. The molecule has 1 atom stereocenters. The number of nitrogens with one attached hydrogen (secondary N) is 2. The molecular formula is C17H22N2O3S. The first-order valence-corrected chi connectivity index (χ1v) is 8.53. The zero-order valence-electron chi connectivity index (χ0n) is 13.3. The van der Waals surface area contributed by atoms with Gasteiger partial charge in [0.25, 0.3) is 0 Å². The molecule has 0 spiro atoms. The molecule has 2 aromatic rings. The van der Waals surface area contributed by atoms with E-state index in [2.05, 4.69) is 17.6 Å². The summed E-state index contributed by atoms with van der Waals surface area (Å²) < 4.78 is 5.56. The zero-order valence-corrected chi connectivity index (χ0v) is 14.2. The van der Waals surface area contributed by atoms with E-state index in [0.29, 0.717) is 6.61 Å². The van der Waals surface area contributed by atoms with Crippen molar-refractivity contribution in [3.8, 4) is 5.75 Å². The quantitative estimate of drug-likeness (QED) is 0.723. The minimum atomic E-state index is -0.696. The predicted molar refractivity (Wildman–Crippen MR) is 93.3 cm³/mol. The standard InChI is InChI=1S/C17H22N2O3S/c1-3-7-22-14-4-5-15(12(2)9-14)19-17(21)18-10-16(20)13-6-8-23-11-13/h4-6,8-9,11,16,20H,3,7,10H2,1-2H3,(H2,18,19,21). The van der Waals surface area contributed by atoms with E-state index in [1.807, 2.05) is 41.9 Å². The molecule has 0 aliphatic heterocycles. The number of amides is 2. The Morgan fingerprint density at radius 3 is 2.87 bits per heavy atom. The summed E-state index contributed by atoms with van der Waals surface area (Å²) in [5.41, 5.74) is 2.45. The summed E-state index contributed by atoms with van der Waals surface area (Å²) in [5, 5.41) is 19.2. The molecule has 3 N–H and O–H groups in total. The van der Waals surface area contributed by atoms with Gasteiger partial charge in [0, 0.05) is 12.2 Å². The average Bonchev–Trinajstić information content (AvgIpc) is 3.07. The molecule has 2 rings (SSSR count). The maximum Gasteiger partial charge on any atom is 0.319 e. The highest BCUT2D eigenvalue weighted by Gasteiger charge is 2.10. The second kappa shape index (κ2) is 8.55. The van der Waals surface area contributed by atoms with Crippen LogP contribution in [0, 0.1) is 6.92 Å². The monoisotopic (exact) mass is 334 g/mol. The highest BCUT2D eigenvalue weighted by molar-refractivity contribution is 7.07. The van der Waals surface area contributed by atoms with Crippen LogP contribution in [0.5, 0.6) is 5.75 Å². The fourth-order valence-corrected chi connectivity index (χ4v) is 2.73. The highest BCUT2D eigenvalue weighted by Crippen LogP contribution is 2.21. The van der Waals surface area contributed by atoms with Gasteiger partial charge in [-0.3, -0.25) is 0 Å². The van der Waals surface area contributed by atoms with Crippen molar-refractivity contribution in [1.82, 2.24) is 5.32 Å². The van der Waals surface area contributed by atoms with Gasteiger partial charge in [0.2, 0.25) is 0 Å². The van der Waals surface area contributed by atoms with E-state index in [-0.39, 0.29) is 12.6 Å². The minimum Gasteiger partial charge on any atom is -0.494 e. The molecule has 0 saturated heterocycles. The van der Waals surface area contributed by atoms with E-state index in [1.54, 1.807) is 0 Å². The van der Waals surface area contributed by atoms with Crippen LogP contribution in [-0.2, 0) is 0 Å². The van der Waals surface area contributed by atoms with Crippen molar-refractivity contribution in [2.75, 3.05) is 18.5 Å². The molecule has 23 heavy (non-hydrogen) atoms. The minimum absolute atomic E-state index is 0.166. The van der Waals surface area contributed by atoms with Crippen molar-refractivity contribution in [3.63, 3.8) is 0 Å². The zero-order chi connectivity index (χ0) is 16.7. The summed E-state index contributed by atoms with van der Waals surface area (Å²) in [4.78, 5) is 11.9. The Morgan fingerprint density at radius 2 is 2.22 bits per heavy atom. The van der Waals surface area contributed by atoms with E-state index in [0.717, 1.165) is 29.0 Å². The van der Waals surface area contributed by atoms with Gasteiger partial charge in [-0.25, -0.2) is 4.79 Å². The topological polar surface area (TPSA) is 70.6 Å². The van der Waals surface area contributed by atoms with Gasteiger partial charge in [-0.15, -0.1) is 0 Å². The number of urea groups is 1. The molecule has 6 heteroatoms. The number of aliphatic hydroxyl groups is 1. The number of rotatable bonds is 7. The van der Waals surface area contributed by atoms with Crippen LogP contribution < -0.4 is 15.4 Å². The summed E-state index contributed by atoms with van der Waals surface area (Å²) in [6.07, 6.45) is 0.256. The second-order valence-electron chi connectivity index (χ2n) is 5.23. The molecule has 1 aromatic heterocycles. The normalized spacial score (nSPS) is 11.8. The molecule has 124 valence electrons. The van der Waals surface area contributed by atoms with Crippen molar-refractivity contribution in [1.29, 1.82) is 0 Å². The van der Waals surface area contributed by atoms with Gasteiger partial charge in [0.15, 0.2) is 0 Å². The van der Waals surface area contributed by atoms with Crippen molar-refractivity contribution in [3.05, 3.63) is 46.2 Å². The van der Waals surface area contributed by atoms with Gasteiger partial charge in [0.1, 0.15) is 5.75 Å². The molecule has 1 aromatic carbocycles. The Labute approximate surface area is 140 Å². The summed E-state index contributed by atoms with van der Waals surface area (Å²) >= 11 is 1.51. The van der Waals surface area contributed by atoms with Gasteiger partial charge < -0.3 is 20.5 Å². The Balaban J connectivity index is 1.85. The fourth-order valence-electron chi connectivity index (χ4n) is 2.02. The van der Waals surface area contributed by atoms with Crippen molar-refractivity contribution < 1.29 is 14.6 Å². The summed E-state index contributed by atoms with van der Waals surface area (Å²) in [5.74, 6) is 0.795. The van der Waals surface area contributed by atoms with E-state index >= 15 is 0 Å². The van der Waals surface area contributed by atoms with Crippen LogP contribution in [0.25, 0.3) is 0 Å². The summed E-state index contributed by atoms with van der Waals surface area (Å²) in [6.45, 7) is 4.80. The van der Waals surface area contributed by atoms with E-state index < -0.39 is 6.10 Å². The number of benzene rings is 1. The lowest BCUT2D eigenvalue weighted by molar-refractivity contribution is 0.175. The largest absolute Gasteiger partial charge is 0.494 e. The van der Waals surface area contributed by atoms with Gasteiger partial charge in [-0.2, -0.15) is 11.3 Å². The third-order valence-corrected chi connectivity index (χ3v) is 4.00. The Bertz CT molecular complexity index is 629. The molecular weight excluding hydrogens is 312 g/mol. The first-order valence-electron chi connectivity index (χ1n) is 7.58. The fraction of sp³-hybridized carbons (Fsp3) is 0.353. The smallest absolute Gasteiger partial charge is 0.319 e. The number of thiophene rings is 1. The Hall–Kier alpha value is -2.05. The van der Waals surface area contributed by atoms with Crippen LogP contribution in [-0.4, -0.2) is 24.3 Å². The number of hydrogen-bond donors (Lipinski definition) is 3. The SMILES string of the molecule is CCCOc1ccc(NC(=O)NCC(O)c2ccsc2)c(C)c1. The second-order valence-corrected chi connectivity index (χ2v) is 6.01. The van der Waals surface area contributed by atoms with Crippen LogP contribution in [0.3, 0.4) is 0 Å². The van der Waals surface area contributed by atoms with Crippen molar-refractivity contribution >= 4 is 23.1 Å².